The van der Waals surface area contributed by atoms with E-state index in [1.54, 1.807) is 0 Å². The van der Waals surface area contributed by atoms with Crippen LogP contribution in [0, 0.1) is 11.3 Å². The number of sulfonamides is 1. The van der Waals surface area contributed by atoms with Gasteiger partial charge in [0, 0.05) is 12.7 Å². The molecule has 0 bridgehead atoms. The van der Waals surface area contributed by atoms with Crippen LogP contribution in [0.15, 0.2) is 35.5 Å². The van der Waals surface area contributed by atoms with E-state index >= 15 is 0 Å². The Labute approximate surface area is 115 Å². The van der Waals surface area contributed by atoms with E-state index < -0.39 is 10.0 Å². The number of nitrogens with one attached hydrogen (secondary N) is 1. The standard InChI is InChI=1S/C11H9ClN4O2S/c1-16-11(10(12)7-14-16)19(17,18)15-9-4-2-8(6-13)3-5-9/h2-5,7,15H,1H3. The van der Waals surface area contributed by atoms with E-state index in [2.05, 4.69) is 9.82 Å². The van der Waals surface area contributed by atoms with Gasteiger partial charge in [-0.1, -0.05) is 11.6 Å². The first-order chi connectivity index (χ1) is 8.94. The lowest BCUT2D eigenvalue weighted by molar-refractivity contribution is 0.582. The van der Waals surface area contributed by atoms with Crippen molar-refractivity contribution in [2.75, 3.05) is 4.72 Å². The lowest BCUT2D eigenvalue weighted by Gasteiger charge is -2.08. The highest BCUT2D eigenvalue weighted by Gasteiger charge is 2.22. The molecule has 1 N–H and O–H groups in total. The van der Waals surface area contributed by atoms with Crippen LogP contribution in [0.1, 0.15) is 5.56 Å². The highest BCUT2D eigenvalue weighted by atomic mass is 35.5. The van der Waals surface area contributed by atoms with Crippen molar-refractivity contribution in [2.24, 2.45) is 7.05 Å². The number of anilines is 1. The fourth-order valence-corrected chi connectivity index (χ4v) is 3.24. The maximum atomic E-state index is 12.1. The van der Waals surface area contributed by atoms with Gasteiger partial charge in [-0.15, -0.1) is 0 Å². The molecule has 0 fully saturated rings. The van der Waals surface area contributed by atoms with Crippen molar-refractivity contribution in [3.8, 4) is 6.07 Å². The summed E-state index contributed by atoms with van der Waals surface area (Å²) >= 11 is 5.80. The molecule has 0 saturated heterocycles. The molecule has 0 aliphatic heterocycles. The zero-order valence-corrected chi connectivity index (χ0v) is 11.4. The molecule has 1 aromatic heterocycles. The van der Waals surface area contributed by atoms with Crippen LogP contribution in [-0.2, 0) is 17.1 Å². The Kier molecular flexibility index (Phi) is 3.46. The van der Waals surface area contributed by atoms with Crippen LogP contribution in [-0.4, -0.2) is 18.2 Å². The molecule has 8 heteroatoms. The SMILES string of the molecule is Cn1ncc(Cl)c1S(=O)(=O)Nc1ccc(C#N)cc1. The molecule has 19 heavy (non-hydrogen) atoms. The quantitative estimate of drug-likeness (QED) is 0.934. The van der Waals surface area contributed by atoms with Gasteiger partial charge in [-0.2, -0.15) is 18.8 Å². The summed E-state index contributed by atoms with van der Waals surface area (Å²) in [6.07, 6.45) is 1.26. The monoisotopic (exact) mass is 296 g/mol. The van der Waals surface area contributed by atoms with E-state index in [0.717, 1.165) is 0 Å². The lowest BCUT2D eigenvalue weighted by Crippen LogP contribution is -2.17. The van der Waals surface area contributed by atoms with Crippen LogP contribution in [0.3, 0.4) is 0 Å². The fraction of sp³-hybridized carbons (Fsp3) is 0.0909. The number of nitrogens with zero attached hydrogens (tertiary/aromatic N) is 3. The van der Waals surface area contributed by atoms with E-state index in [1.807, 2.05) is 6.07 Å². The molecule has 98 valence electrons. The van der Waals surface area contributed by atoms with Gasteiger partial charge in [0.05, 0.1) is 22.9 Å². The number of halogens is 1. The number of nitriles is 1. The van der Waals surface area contributed by atoms with Crippen LogP contribution in [0.25, 0.3) is 0 Å². The van der Waals surface area contributed by atoms with Gasteiger partial charge in [0.2, 0.25) is 0 Å². The van der Waals surface area contributed by atoms with Crippen LogP contribution < -0.4 is 4.72 Å². The second-order valence-electron chi connectivity index (χ2n) is 3.72. The Hall–Kier alpha value is -2.04. The Morgan fingerprint density at radius 3 is 2.47 bits per heavy atom. The predicted molar refractivity (Wildman–Crippen MR) is 70.2 cm³/mol. The van der Waals surface area contributed by atoms with Crippen molar-refractivity contribution < 1.29 is 8.42 Å². The maximum Gasteiger partial charge on any atom is 0.280 e. The number of hydrogen-bond donors (Lipinski definition) is 1. The highest BCUT2D eigenvalue weighted by Crippen LogP contribution is 2.22. The number of benzene rings is 1. The zero-order chi connectivity index (χ0) is 14.0. The third-order valence-corrected chi connectivity index (χ3v) is 4.25. The summed E-state index contributed by atoms with van der Waals surface area (Å²) in [6, 6.07) is 7.98. The third-order valence-electron chi connectivity index (χ3n) is 2.36. The first kappa shape index (κ1) is 13.4. The molecule has 6 nitrogen and oxygen atoms in total. The minimum atomic E-state index is -3.82. The maximum absolute atomic E-state index is 12.1. The smallest absolute Gasteiger partial charge is 0.278 e. The molecule has 0 amide bonds. The molecule has 0 spiro atoms. The second-order valence-corrected chi connectivity index (χ2v) is 5.72. The molecule has 0 unspecified atom stereocenters. The summed E-state index contributed by atoms with van der Waals surface area (Å²) in [5.74, 6) is 0. The molecular weight excluding hydrogens is 288 g/mol. The van der Waals surface area contributed by atoms with Crippen molar-refractivity contribution in [3.63, 3.8) is 0 Å². The molecular formula is C11H9ClN4O2S. The number of aromatic nitrogens is 2. The zero-order valence-electron chi connectivity index (χ0n) is 9.83. The third kappa shape index (κ3) is 2.70. The van der Waals surface area contributed by atoms with Gasteiger partial charge in [-0.25, -0.2) is 0 Å². The van der Waals surface area contributed by atoms with Crippen molar-refractivity contribution in [1.29, 1.82) is 5.26 Å². The number of rotatable bonds is 3. The van der Waals surface area contributed by atoms with Crippen molar-refractivity contribution in [3.05, 3.63) is 41.0 Å². The van der Waals surface area contributed by atoms with Crippen LogP contribution in [0.4, 0.5) is 5.69 Å². The van der Waals surface area contributed by atoms with E-state index in [-0.39, 0.29) is 10.0 Å². The molecule has 0 saturated carbocycles. The molecule has 0 aliphatic carbocycles. The summed E-state index contributed by atoms with van der Waals surface area (Å²) in [5.41, 5.74) is 0.790. The highest BCUT2D eigenvalue weighted by molar-refractivity contribution is 7.92. The van der Waals surface area contributed by atoms with Gasteiger partial charge in [-0.05, 0) is 24.3 Å². The van der Waals surface area contributed by atoms with Gasteiger partial charge < -0.3 is 0 Å². The van der Waals surface area contributed by atoms with Gasteiger partial charge in [-0.3, -0.25) is 9.40 Å². The second kappa shape index (κ2) is 4.91. The van der Waals surface area contributed by atoms with E-state index in [4.69, 9.17) is 16.9 Å². The van der Waals surface area contributed by atoms with Gasteiger partial charge in [0.25, 0.3) is 10.0 Å². The Bertz CT molecular complexity index is 724. The number of aryl methyl sites for hydroxylation is 1. The molecule has 0 radical (unpaired) electrons. The first-order valence-corrected chi connectivity index (χ1v) is 7.00. The average molecular weight is 297 g/mol. The van der Waals surface area contributed by atoms with Crippen LogP contribution in [0.2, 0.25) is 5.02 Å². The predicted octanol–water partition coefficient (Wildman–Crippen LogP) is 1.75. The Balaban J connectivity index is 2.34. The summed E-state index contributed by atoms with van der Waals surface area (Å²) in [6.45, 7) is 0. The van der Waals surface area contributed by atoms with Gasteiger partial charge in [0.15, 0.2) is 5.03 Å². The molecule has 0 atom stereocenters. The molecule has 2 rings (SSSR count). The minimum absolute atomic E-state index is 0.0450. The van der Waals surface area contributed by atoms with Crippen molar-refractivity contribution >= 4 is 27.3 Å². The fourth-order valence-electron chi connectivity index (χ4n) is 1.52. The van der Waals surface area contributed by atoms with E-state index in [1.165, 1.54) is 42.2 Å². The minimum Gasteiger partial charge on any atom is -0.278 e. The average Bonchev–Trinajstić information content (AvgIpc) is 2.70. The van der Waals surface area contributed by atoms with Crippen molar-refractivity contribution in [2.45, 2.75) is 5.03 Å². The topological polar surface area (TPSA) is 87.8 Å². The Morgan fingerprint density at radius 1 is 1.37 bits per heavy atom. The van der Waals surface area contributed by atoms with Gasteiger partial charge in [0.1, 0.15) is 0 Å². The van der Waals surface area contributed by atoms with E-state index in [9.17, 15) is 8.42 Å². The summed E-state index contributed by atoms with van der Waals surface area (Å²) < 4.78 is 27.8. The molecule has 1 aromatic carbocycles. The molecule has 1 heterocycles. The van der Waals surface area contributed by atoms with Crippen molar-refractivity contribution in [1.82, 2.24) is 9.78 Å². The van der Waals surface area contributed by atoms with Crippen LogP contribution in [0.5, 0.6) is 0 Å². The lowest BCUT2D eigenvalue weighted by atomic mass is 10.2. The van der Waals surface area contributed by atoms with Crippen LogP contribution >= 0.6 is 11.6 Å². The van der Waals surface area contributed by atoms with Gasteiger partial charge >= 0.3 is 0 Å². The molecule has 2 aromatic rings. The number of hydrogen-bond acceptors (Lipinski definition) is 4. The summed E-state index contributed by atoms with van der Waals surface area (Å²) in [7, 11) is -2.33. The Morgan fingerprint density at radius 2 is 2.00 bits per heavy atom. The molecule has 0 aliphatic rings. The van der Waals surface area contributed by atoms with E-state index in [0.29, 0.717) is 11.3 Å². The summed E-state index contributed by atoms with van der Waals surface area (Å²) in [5, 5.41) is 12.4. The summed E-state index contributed by atoms with van der Waals surface area (Å²) in [4.78, 5) is 0. The largest absolute Gasteiger partial charge is 0.280 e. The normalized spacial score (nSPS) is 11.0. The first-order valence-electron chi connectivity index (χ1n) is 5.14.